The zero-order chi connectivity index (χ0) is 15.7. The average Bonchev–Trinajstić information content (AvgIpc) is 2.91. The maximum absolute atomic E-state index is 6.28. The molecule has 0 unspecified atom stereocenters. The van der Waals surface area contributed by atoms with Crippen LogP contribution in [0.1, 0.15) is 11.1 Å². The number of benzene rings is 2. The summed E-state index contributed by atoms with van der Waals surface area (Å²) in [5.41, 5.74) is 11.0. The second kappa shape index (κ2) is 5.52. The summed E-state index contributed by atoms with van der Waals surface area (Å²) in [6.07, 6.45) is 0. The third-order valence-electron chi connectivity index (χ3n) is 3.64. The van der Waals surface area contributed by atoms with E-state index in [0.29, 0.717) is 11.5 Å². The first-order valence-corrected chi connectivity index (χ1v) is 7.03. The Morgan fingerprint density at radius 3 is 2.68 bits per heavy atom. The van der Waals surface area contributed by atoms with Gasteiger partial charge in [0.25, 0.3) is 0 Å². The van der Waals surface area contributed by atoms with Crippen molar-refractivity contribution in [2.75, 3.05) is 12.8 Å². The van der Waals surface area contributed by atoms with Crippen LogP contribution in [0.3, 0.4) is 0 Å². The number of ether oxygens (including phenoxy) is 1. The molecule has 0 aliphatic carbocycles. The quantitative estimate of drug-likeness (QED) is 0.806. The minimum atomic E-state index is 0.516. The van der Waals surface area contributed by atoms with Gasteiger partial charge in [0, 0.05) is 5.56 Å². The van der Waals surface area contributed by atoms with Gasteiger partial charge < -0.3 is 10.5 Å². The van der Waals surface area contributed by atoms with E-state index >= 15 is 0 Å². The maximum atomic E-state index is 6.28. The van der Waals surface area contributed by atoms with Gasteiger partial charge in [-0.2, -0.15) is 4.68 Å². The molecule has 0 radical (unpaired) electrons. The Morgan fingerprint density at radius 1 is 1.09 bits per heavy atom. The van der Waals surface area contributed by atoms with E-state index in [1.807, 2.05) is 38.1 Å². The third-order valence-corrected chi connectivity index (χ3v) is 3.64. The maximum Gasteiger partial charge on any atom is 0.155 e. The Kier molecular flexibility index (Phi) is 3.55. The van der Waals surface area contributed by atoms with Crippen LogP contribution in [-0.2, 0) is 0 Å². The van der Waals surface area contributed by atoms with Gasteiger partial charge in [-0.1, -0.05) is 29.5 Å². The highest BCUT2D eigenvalue weighted by atomic mass is 16.5. The number of hydrogen-bond acceptors (Lipinski definition) is 4. The number of aryl methyl sites for hydroxylation is 2. The van der Waals surface area contributed by atoms with Crippen molar-refractivity contribution in [1.29, 1.82) is 0 Å². The Balaban J connectivity index is 2.10. The molecule has 5 heteroatoms. The van der Waals surface area contributed by atoms with Gasteiger partial charge in [-0.3, -0.25) is 0 Å². The van der Waals surface area contributed by atoms with Gasteiger partial charge in [-0.25, -0.2) is 0 Å². The SMILES string of the molecule is COc1cccc(-c2nnn(-c3cc(C)ccc3C)c2N)c1. The molecule has 0 amide bonds. The standard InChI is InChI=1S/C17H18N4O/c1-11-7-8-12(2)15(9-11)21-17(18)16(19-20-21)13-5-4-6-14(10-13)22-3/h4-10H,18H2,1-3H3. The molecule has 2 N–H and O–H groups in total. The largest absolute Gasteiger partial charge is 0.497 e. The van der Waals surface area contributed by atoms with Crippen molar-refractivity contribution in [3.63, 3.8) is 0 Å². The molecule has 0 saturated heterocycles. The van der Waals surface area contributed by atoms with E-state index in [-0.39, 0.29) is 0 Å². The normalized spacial score (nSPS) is 10.7. The first-order chi connectivity index (χ1) is 10.6. The first-order valence-electron chi connectivity index (χ1n) is 7.03. The smallest absolute Gasteiger partial charge is 0.155 e. The van der Waals surface area contributed by atoms with E-state index in [1.165, 1.54) is 0 Å². The predicted octanol–water partition coefficient (Wildman–Crippen LogP) is 3.14. The van der Waals surface area contributed by atoms with Crippen LogP contribution in [0.4, 0.5) is 5.82 Å². The van der Waals surface area contributed by atoms with Crippen LogP contribution in [0.5, 0.6) is 5.75 Å². The topological polar surface area (TPSA) is 66.0 Å². The van der Waals surface area contributed by atoms with Crippen molar-refractivity contribution in [2.24, 2.45) is 0 Å². The molecule has 3 aromatic rings. The first kappa shape index (κ1) is 14.1. The Morgan fingerprint density at radius 2 is 1.91 bits per heavy atom. The fraction of sp³-hybridized carbons (Fsp3) is 0.176. The van der Waals surface area contributed by atoms with Crippen LogP contribution in [0.25, 0.3) is 16.9 Å². The number of hydrogen-bond donors (Lipinski definition) is 1. The van der Waals surface area contributed by atoms with Gasteiger partial charge in [0.1, 0.15) is 11.4 Å². The van der Waals surface area contributed by atoms with Crippen LogP contribution in [0.15, 0.2) is 42.5 Å². The molecule has 0 aliphatic heterocycles. The Labute approximate surface area is 129 Å². The molecule has 3 rings (SSSR count). The second-order valence-corrected chi connectivity index (χ2v) is 5.26. The van der Waals surface area contributed by atoms with Crippen molar-refractivity contribution >= 4 is 5.82 Å². The summed E-state index contributed by atoms with van der Waals surface area (Å²) in [6.45, 7) is 4.07. The number of rotatable bonds is 3. The molecule has 1 aromatic heterocycles. The fourth-order valence-electron chi connectivity index (χ4n) is 2.39. The third kappa shape index (κ3) is 2.41. The summed E-state index contributed by atoms with van der Waals surface area (Å²) in [6, 6.07) is 13.8. The minimum absolute atomic E-state index is 0.516. The van der Waals surface area contributed by atoms with E-state index in [1.54, 1.807) is 11.8 Å². The van der Waals surface area contributed by atoms with Crippen LogP contribution in [0, 0.1) is 13.8 Å². The van der Waals surface area contributed by atoms with Crippen molar-refractivity contribution in [2.45, 2.75) is 13.8 Å². The molecular formula is C17H18N4O. The molecular weight excluding hydrogens is 276 g/mol. The van der Waals surface area contributed by atoms with Gasteiger partial charge in [0.15, 0.2) is 5.82 Å². The van der Waals surface area contributed by atoms with E-state index < -0.39 is 0 Å². The van der Waals surface area contributed by atoms with E-state index in [9.17, 15) is 0 Å². The monoisotopic (exact) mass is 294 g/mol. The highest BCUT2D eigenvalue weighted by Crippen LogP contribution is 2.28. The van der Waals surface area contributed by atoms with E-state index in [2.05, 4.69) is 28.5 Å². The lowest BCUT2D eigenvalue weighted by Crippen LogP contribution is -2.04. The molecule has 0 spiro atoms. The number of nitrogen functional groups attached to an aromatic ring is 1. The fourth-order valence-corrected chi connectivity index (χ4v) is 2.39. The van der Waals surface area contributed by atoms with Crippen LogP contribution in [0.2, 0.25) is 0 Å². The lowest BCUT2D eigenvalue weighted by Gasteiger charge is -2.08. The molecule has 5 nitrogen and oxygen atoms in total. The summed E-state index contributed by atoms with van der Waals surface area (Å²) in [5.74, 6) is 1.28. The van der Waals surface area contributed by atoms with E-state index in [0.717, 1.165) is 28.1 Å². The number of nitrogens with two attached hydrogens (primary N) is 1. The average molecular weight is 294 g/mol. The molecule has 112 valence electrons. The van der Waals surface area contributed by atoms with Crippen molar-refractivity contribution < 1.29 is 4.74 Å². The van der Waals surface area contributed by atoms with E-state index in [4.69, 9.17) is 10.5 Å². The Bertz CT molecular complexity index is 823. The summed E-state index contributed by atoms with van der Waals surface area (Å²) >= 11 is 0. The summed E-state index contributed by atoms with van der Waals surface area (Å²) < 4.78 is 6.92. The number of nitrogens with zero attached hydrogens (tertiary/aromatic N) is 3. The molecule has 0 atom stereocenters. The lowest BCUT2D eigenvalue weighted by atomic mass is 10.1. The van der Waals surface area contributed by atoms with Gasteiger partial charge in [-0.05, 0) is 43.2 Å². The van der Waals surface area contributed by atoms with Gasteiger partial charge in [0.2, 0.25) is 0 Å². The summed E-state index contributed by atoms with van der Waals surface area (Å²) in [4.78, 5) is 0. The molecule has 0 bridgehead atoms. The lowest BCUT2D eigenvalue weighted by molar-refractivity contribution is 0.415. The second-order valence-electron chi connectivity index (χ2n) is 5.26. The van der Waals surface area contributed by atoms with Crippen molar-refractivity contribution in [3.05, 3.63) is 53.6 Å². The zero-order valence-corrected chi connectivity index (χ0v) is 12.9. The highest BCUT2D eigenvalue weighted by Gasteiger charge is 2.15. The highest BCUT2D eigenvalue weighted by molar-refractivity contribution is 5.72. The van der Waals surface area contributed by atoms with Crippen LogP contribution >= 0.6 is 0 Å². The predicted molar refractivity (Wildman–Crippen MR) is 87.2 cm³/mol. The molecule has 22 heavy (non-hydrogen) atoms. The Hall–Kier alpha value is -2.82. The van der Waals surface area contributed by atoms with Crippen molar-refractivity contribution in [1.82, 2.24) is 15.0 Å². The molecule has 1 heterocycles. The van der Waals surface area contributed by atoms with Gasteiger partial charge >= 0.3 is 0 Å². The minimum Gasteiger partial charge on any atom is -0.497 e. The summed E-state index contributed by atoms with van der Waals surface area (Å²) in [5, 5.41) is 8.46. The summed E-state index contributed by atoms with van der Waals surface area (Å²) in [7, 11) is 1.63. The molecule has 0 aliphatic rings. The van der Waals surface area contributed by atoms with Gasteiger partial charge in [-0.15, -0.1) is 5.10 Å². The van der Waals surface area contributed by atoms with Crippen LogP contribution < -0.4 is 10.5 Å². The number of anilines is 1. The zero-order valence-electron chi connectivity index (χ0n) is 12.9. The molecule has 2 aromatic carbocycles. The molecule has 0 fully saturated rings. The van der Waals surface area contributed by atoms with Crippen LogP contribution in [-0.4, -0.2) is 22.1 Å². The van der Waals surface area contributed by atoms with Gasteiger partial charge in [0.05, 0.1) is 12.8 Å². The number of aromatic nitrogens is 3. The molecule has 0 saturated carbocycles. The van der Waals surface area contributed by atoms with Crippen molar-refractivity contribution in [3.8, 4) is 22.7 Å². The number of methoxy groups -OCH3 is 1.